The van der Waals surface area contributed by atoms with Gasteiger partial charge >= 0.3 is 0 Å². The lowest BCUT2D eigenvalue weighted by molar-refractivity contribution is -0.155. The van der Waals surface area contributed by atoms with Gasteiger partial charge in [-0.3, -0.25) is 4.79 Å². The molecule has 1 saturated carbocycles. The number of amides is 1. The first-order valence-electron chi connectivity index (χ1n) is 6.08. The number of hydrogen-bond donors (Lipinski definition) is 0. The van der Waals surface area contributed by atoms with E-state index in [2.05, 4.69) is 0 Å². The molecule has 0 radical (unpaired) electrons. The summed E-state index contributed by atoms with van der Waals surface area (Å²) in [4.78, 5) is 14.0. The number of likely N-dealkylation sites (tertiary alicyclic amines) is 1. The van der Waals surface area contributed by atoms with Crippen LogP contribution in [0.15, 0.2) is 0 Å². The molecule has 2 nitrogen and oxygen atoms in total. The van der Waals surface area contributed by atoms with Crippen LogP contribution in [-0.4, -0.2) is 28.8 Å². The third-order valence-electron chi connectivity index (χ3n) is 4.78. The molecule has 0 aromatic carbocycles. The average molecular weight is 245 g/mol. The standard InChI is InChI=1S/C13H21F2NO/c1-10(2,3)16-7-8-11(4,5)13(8,9(16)17)12(6,14)15/h8H,7H2,1-6H3. The maximum Gasteiger partial charge on any atom is 0.260 e. The van der Waals surface area contributed by atoms with Crippen LogP contribution in [0.2, 0.25) is 0 Å². The molecule has 1 heterocycles. The number of rotatable bonds is 1. The predicted molar refractivity (Wildman–Crippen MR) is 61.8 cm³/mol. The summed E-state index contributed by atoms with van der Waals surface area (Å²) in [5.41, 5.74) is -2.42. The van der Waals surface area contributed by atoms with Crippen molar-refractivity contribution >= 4 is 5.91 Å². The largest absolute Gasteiger partial charge is 0.337 e. The second-order valence-electron chi connectivity index (χ2n) is 7.06. The van der Waals surface area contributed by atoms with Crippen LogP contribution < -0.4 is 0 Å². The molecule has 2 aliphatic rings. The van der Waals surface area contributed by atoms with Gasteiger partial charge in [-0.25, -0.2) is 8.78 Å². The van der Waals surface area contributed by atoms with Crippen LogP contribution in [0.25, 0.3) is 0 Å². The summed E-state index contributed by atoms with van der Waals surface area (Å²) in [6.07, 6.45) is 0. The Morgan fingerprint density at radius 2 is 1.71 bits per heavy atom. The maximum atomic E-state index is 13.9. The van der Waals surface area contributed by atoms with E-state index in [1.165, 1.54) is 0 Å². The van der Waals surface area contributed by atoms with Crippen molar-refractivity contribution in [1.29, 1.82) is 0 Å². The van der Waals surface area contributed by atoms with E-state index in [0.29, 0.717) is 6.54 Å². The summed E-state index contributed by atoms with van der Waals surface area (Å²) in [7, 11) is 0. The van der Waals surface area contributed by atoms with Gasteiger partial charge in [-0.1, -0.05) is 13.8 Å². The zero-order valence-electron chi connectivity index (χ0n) is 11.4. The summed E-state index contributed by atoms with van der Waals surface area (Å²) in [5.74, 6) is -3.53. The molecular formula is C13H21F2NO. The Kier molecular flexibility index (Phi) is 2.13. The molecule has 2 unspecified atom stereocenters. The molecule has 0 aromatic rings. The number of piperidine rings is 1. The van der Waals surface area contributed by atoms with Crippen molar-refractivity contribution in [2.45, 2.75) is 53.0 Å². The Labute approximate surface area is 101 Å². The maximum absolute atomic E-state index is 13.9. The second-order valence-corrected chi connectivity index (χ2v) is 7.06. The lowest BCUT2D eigenvalue weighted by atomic mass is 9.87. The van der Waals surface area contributed by atoms with Gasteiger partial charge in [-0.05, 0) is 26.2 Å². The van der Waals surface area contributed by atoms with Crippen molar-refractivity contribution in [3.05, 3.63) is 0 Å². The first kappa shape index (κ1) is 12.8. The smallest absolute Gasteiger partial charge is 0.260 e. The first-order valence-corrected chi connectivity index (χ1v) is 6.08. The van der Waals surface area contributed by atoms with E-state index in [1.807, 2.05) is 20.8 Å². The average Bonchev–Trinajstić information content (AvgIpc) is 2.42. The van der Waals surface area contributed by atoms with Gasteiger partial charge in [0.15, 0.2) is 0 Å². The van der Waals surface area contributed by atoms with E-state index in [9.17, 15) is 13.6 Å². The Balaban J connectivity index is 2.43. The molecule has 0 aromatic heterocycles. The first-order chi connectivity index (χ1) is 7.38. The van der Waals surface area contributed by atoms with Crippen LogP contribution in [0.1, 0.15) is 41.5 Å². The van der Waals surface area contributed by atoms with Crippen LogP contribution in [-0.2, 0) is 4.79 Å². The molecule has 2 fully saturated rings. The summed E-state index contributed by atoms with van der Waals surface area (Å²) >= 11 is 0. The van der Waals surface area contributed by atoms with Crippen LogP contribution in [0, 0.1) is 16.7 Å². The van der Waals surface area contributed by atoms with E-state index in [1.54, 1.807) is 18.7 Å². The molecule has 0 bridgehead atoms. The van der Waals surface area contributed by atoms with Crippen molar-refractivity contribution in [2.24, 2.45) is 16.7 Å². The number of carbonyl (C=O) groups is 1. The molecule has 0 spiro atoms. The highest BCUT2D eigenvalue weighted by Crippen LogP contribution is 2.78. The summed E-state index contributed by atoms with van der Waals surface area (Å²) in [5, 5.41) is 0. The molecule has 1 aliphatic carbocycles. The van der Waals surface area contributed by atoms with Gasteiger partial charge in [0.1, 0.15) is 5.41 Å². The van der Waals surface area contributed by atoms with Gasteiger partial charge in [-0.15, -0.1) is 0 Å². The number of fused-ring (bicyclic) bond motifs is 1. The van der Waals surface area contributed by atoms with Crippen molar-refractivity contribution in [3.8, 4) is 0 Å². The minimum atomic E-state index is -2.95. The second kappa shape index (κ2) is 2.83. The van der Waals surface area contributed by atoms with E-state index >= 15 is 0 Å². The van der Waals surface area contributed by atoms with Crippen molar-refractivity contribution in [2.75, 3.05) is 6.54 Å². The van der Waals surface area contributed by atoms with Gasteiger partial charge in [0.25, 0.3) is 5.92 Å². The highest BCUT2D eigenvalue weighted by Gasteiger charge is 2.88. The number of halogens is 2. The van der Waals surface area contributed by atoms with Crippen molar-refractivity contribution < 1.29 is 13.6 Å². The molecule has 2 atom stereocenters. The summed E-state index contributed by atoms with van der Waals surface area (Å²) < 4.78 is 27.8. The zero-order chi connectivity index (χ0) is 13.4. The van der Waals surface area contributed by atoms with Crippen molar-refractivity contribution in [1.82, 2.24) is 4.90 Å². The highest BCUT2D eigenvalue weighted by atomic mass is 19.3. The highest BCUT2D eigenvalue weighted by molar-refractivity contribution is 5.92. The van der Waals surface area contributed by atoms with Crippen LogP contribution in [0.3, 0.4) is 0 Å². The Morgan fingerprint density at radius 3 is 2.00 bits per heavy atom. The Hall–Kier alpha value is -0.670. The quantitative estimate of drug-likeness (QED) is 0.695. The molecule has 0 N–H and O–H groups in total. The number of hydrogen-bond acceptors (Lipinski definition) is 1. The van der Waals surface area contributed by atoms with Gasteiger partial charge in [0, 0.05) is 24.9 Å². The molecular weight excluding hydrogens is 224 g/mol. The molecule has 1 aliphatic heterocycles. The molecule has 98 valence electrons. The number of alkyl halides is 2. The normalized spacial score (nSPS) is 36.1. The molecule has 1 saturated heterocycles. The summed E-state index contributed by atoms with van der Waals surface area (Å²) in [6.45, 7) is 10.6. The fourth-order valence-corrected chi connectivity index (χ4v) is 3.78. The van der Waals surface area contributed by atoms with Gasteiger partial charge in [-0.2, -0.15) is 0 Å². The molecule has 4 heteroatoms. The molecule has 1 amide bonds. The fraction of sp³-hybridized carbons (Fsp3) is 0.923. The number of carbonyl (C=O) groups excluding carboxylic acids is 1. The summed E-state index contributed by atoms with van der Waals surface area (Å²) in [6, 6.07) is 0. The minimum absolute atomic E-state index is 0.221. The third-order valence-corrected chi connectivity index (χ3v) is 4.78. The van der Waals surface area contributed by atoms with Crippen molar-refractivity contribution in [3.63, 3.8) is 0 Å². The Bertz CT molecular complexity index is 366. The van der Waals surface area contributed by atoms with E-state index < -0.39 is 16.8 Å². The Morgan fingerprint density at radius 1 is 1.24 bits per heavy atom. The minimum Gasteiger partial charge on any atom is -0.337 e. The molecule has 17 heavy (non-hydrogen) atoms. The van der Waals surface area contributed by atoms with Gasteiger partial charge in [0.05, 0.1) is 0 Å². The van der Waals surface area contributed by atoms with Crippen LogP contribution in [0.5, 0.6) is 0 Å². The van der Waals surface area contributed by atoms with E-state index in [0.717, 1.165) is 6.92 Å². The van der Waals surface area contributed by atoms with Gasteiger partial charge < -0.3 is 4.90 Å². The predicted octanol–water partition coefficient (Wildman–Crippen LogP) is 2.92. The van der Waals surface area contributed by atoms with E-state index in [-0.39, 0.29) is 17.4 Å². The molecule has 2 rings (SSSR count). The van der Waals surface area contributed by atoms with Crippen LogP contribution in [0.4, 0.5) is 8.78 Å². The SMILES string of the molecule is CC(C)(C)N1CC2C(C)(C)C2(C(C)(F)F)C1=O. The zero-order valence-corrected chi connectivity index (χ0v) is 11.4. The number of nitrogens with zero attached hydrogens (tertiary/aromatic N) is 1. The lowest BCUT2D eigenvalue weighted by Gasteiger charge is -2.37. The fourth-order valence-electron chi connectivity index (χ4n) is 3.78. The monoisotopic (exact) mass is 245 g/mol. The van der Waals surface area contributed by atoms with E-state index in [4.69, 9.17) is 0 Å². The topological polar surface area (TPSA) is 20.3 Å². The third kappa shape index (κ3) is 1.22. The van der Waals surface area contributed by atoms with Gasteiger partial charge in [0.2, 0.25) is 5.91 Å². The van der Waals surface area contributed by atoms with Crippen LogP contribution >= 0.6 is 0 Å². The lowest BCUT2D eigenvalue weighted by Crippen LogP contribution is -2.50.